The molecule has 0 saturated carbocycles. The number of rotatable bonds is 5. The fourth-order valence-corrected chi connectivity index (χ4v) is 3.69. The second-order valence-electron chi connectivity index (χ2n) is 6.95. The Bertz CT molecular complexity index is 821. The number of nitrogens with zero attached hydrogens (tertiary/aromatic N) is 4. The Morgan fingerprint density at radius 1 is 1.24 bits per heavy atom. The van der Waals surface area contributed by atoms with Gasteiger partial charge >= 0.3 is 0 Å². The average molecular weight is 519 g/mol. The minimum absolute atomic E-state index is 0. The van der Waals surface area contributed by atoms with E-state index in [4.69, 9.17) is 4.52 Å². The summed E-state index contributed by atoms with van der Waals surface area (Å²) in [6.45, 7) is 7.53. The molecule has 1 aromatic heterocycles. The molecule has 0 radical (unpaired) electrons. The molecule has 0 amide bonds. The lowest BCUT2D eigenvalue weighted by atomic mass is 10.0. The van der Waals surface area contributed by atoms with Crippen LogP contribution in [0.1, 0.15) is 36.4 Å². The number of nitrogens with one attached hydrogen (secondary N) is 1. The lowest BCUT2D eigenvalue weighted by Crippen LogP contribution is -2.53. The molecule has 1 aliphatic rings. The van der Waals surface area contributed by atoms with Crippen molar-refractivity contribution in [3.8, 4) is 0 Å². The van der Waals surface area contributed by atoms with Crippen molar-refractivity contribution in [3.63, 3.8) is 0 Å². The molecule has 0 aliphatic carbocycles. The SMILES string of the molecule is CCC(c1ccc(F)cc1F)N1CCN(C(=NC)NCc2cc(C)no2)CC1.I. The van der Waals surface area contributed by atoms with Crippen LogP contribution in [0.2, 0.25) is 0 Å². The van der Waals surface area contributed by atoms with Crippen LogP contribution in [0.5, 0.6) is 0 Å². The fraction of sp³-hybridized carbons (Fsp3) is 0.500. The number of piperazine rings is 1. The van der Waals surface area contributed by atoms with Crippen molar-refractivity contribution >= 4 is 29.9 Å². The topological polar surface area (TPSA) is 56.9 Å². The Labute approximate surface area is 187 Å². The summed E-state index contributed by atoms with van der Waals surface area (Å²) in [6, 6.07) is 5.68. The minimum atomic E-state index is -0.544. The van der Waals surface area contributed by atoms with Crippen LogP contribution in [0.25, 0.3) is 0 Å². The first-order valence-electron chi connectivity index (χ1n) is 9.58. The van der Waals surface area contributed by atoms with Crippen LogP contribution < -0.4 is 5.32 Å². The molecule has 2 heterocycles. The molecule has 2 aromatic rings. The third-order valence-corrected chi connectivity index (χ3v) is 5.07. The fourth-order valence-electron chi connectivity index (χ4n) is 3.69. The Kier molecular flexibility index (Phi) is 8.81. The average Bonchev–Trinajstić information content (AvgIpc) is 3.11. The molecule has 1 aromatic carbocycles. The van der Waals surface area contributed by atoms with E-state index in [0.29, 0.717) is 12.1 Å². The first kappa shape index (κ1) is 23.5. The van der Waals surface area contributed by atoms with E-state index in [1.807, 2.05) is 19.9 Å². The summed E-state index contributed by atoms with van der Waals surface area (Å²) in [4.78, 5) is 8.78. The summed E-state index contributed by atoms with van der Waals surface area (Å²) < 4.78 is 32.7. The van der Waals surface area contributed by atoms with Crippen LogP contribution in [0.15, 0.2) is 33.8 Å². The van der Waals surface area contributed by atoms with Gasteiger partial charge in [-0.2, -0.15) is 0 Å². The van der Waals surface area contributed by atoms with Crippen LogP contribution in [0.3, 0.4) is 0 Å². The standard InChI is InChI=1S/C20H27F2N5O.HI/c1-4-19(17-6-5-15(21)12-18(17)22)26-7-9-27(10-8-26)20(23-3)24-13-16-11-14(2)25-28-16;/h5-6,11-12,19H,4,7-10,13H2,1-3H3,(H,23,24);1H. The number of hydrogen-bond acceptors (Lipinski definition) is 4. The van der Waals surface area contributed by atoms with Gasteiger partial charge in [-0.25, -0.2) is 8.78 Å². The number of hydrogen-bond donors (Lipinski definition) is 1. The van der Waals surface area contributed by atoms with Gasteiger partial charge in [-0.1, -0.05) is 18.1 Å². The number of benzene rings is 1. The molecule has 29 heavy (non-hydrogen) atoms. The molecule has 9 heteroatoms. The van der Waals surface area contributed by atoms with Crippen molar-refractivity contribution in [3.05, 3.63) is 52.9 Å². The van der Waals surface area contributed by atoms with Crippen LogP contribution in [0, 0.1) is 18.6 Å². The van der Waals surface area contributed by atoms with E-state index < -0.39 is 11.6 Å². The van der Waals surface area contributed by atoms with Gasteiger partial charge in [-0.3, -0.25) is 9.89 Å². The Morgan fingerprint density at radius 2 is 1.97 bits per heavy atom. The second-order valence-corrected chi connectivity index (χ2v) is 6.95. The molecule has 1 N–H and O–H groups in total. The molecule has 0 bridgehead atoms. The van der Waals surface area contributed by atoms with Crippen molar-refractivity contribution < 1.29 is 13.3 Å². The number of aliphatic imine (C=N–C) groups is 1. The third-order valence-electron chi connectivity index (χ3n) is 5.07. The smallest absolute Gasteiger partial charge is 0.194 e. The van der Waals surface area contributed by atoms with Crippen molar-refractivity contribution in [2.75, 3.05) is 33.2 Å². The highest BCUT2D eigenvalue weighted by molar-refractivity contribution is 14.0. The van der Waals surface area contributed by atoms with E-state index >= 15 is 0 Å². The highest BCUT2D eigenvalue weighted by Gasteiger charge is 2.27. The van der Waals surface area contributed by atoms with Gasteiger partial charge in [0.05, 0.1) is 12.2 Å². The summed E-state index contributed by atoms with van der Waals surface area (Å²) in [5, 5.41) is 7.18. The Hall–Kier alpha value is -1.75. The molecular formula is C20H28F2IN5O. The first-order valence-corrected chi connectivity index (χ1v) is 9.58. The predicted molar refractivity (Wildman–Crippen MR) is 119 cm³/mol. The van der Waals surface area contributed by atoms with Crippen molar-refractivity contribution in [2.24, 2.45) is 4.99 Å². The molecule has 1 unspecified atom stereocenters. The zero-order valence-electron chi connectivity index (χ0n) is 17.0. The van der Waals surface area contributed by atoms with E-state index in [-0.39, 0.29) is 30.0 Å². The lowest BCUT2D eigenvalue weighted by molar-refractivity contribution is 0.124. The van der Waals surface area contributed by atoms with E-state index in [2.05, 4.69) is 25.3 Å². The molecular weight excluding hydrogens is 491 g/mol. The Balaban J connectivity index is 0.00000300. The monoisotopic (exact) mass is 519 g/mol. The zero-order valence-corrected chi connectivity index (χ0v) is 19.3. The third kappa shape index (κ3) is 5.88. The van der Waals surface area contributed by atoms with Gasteiger partial charge in [0.1, 0.15) is 11.6 Å². The van der Waals surface area contributed by atoms with Gasteiger partial charge in [-0.15, -0.1) is 24.0 Å². The lowest BCUT2D eigenvalue weighted by Gasteiger charge is -2.40. The molecule has 0 spiro atoms. The van der Waals surface area contributed by atoms with Gasteiger partial charge in [0.25, 0.3) is 0 Å². The van der Waals surface area contributed by atoms with Gasteiger partial charge in [0, 0.05) is 57.0 Å². The largest absolute Gasteiger partial charge is 0.359 e. The number of aromatic nitrogens is 1. The molecule has 1 saturated heterocycles. The van der Waals surface area contributed by atoms with Gasteiger partial charge in [0.2, 0.25) is 0 Å². The van der Waals surface area contributed by atoms with Gasteiger partial charge < -0.3 is 14.7 Å². The van der Waals surface area contributed by atoms with E-state index in [9.17, 15) is 8.78 Å². The molecule has 1 aliphatic heterocycles. The van der Waals surface area contributed by atoms with E-state index in [1.165, 1.54) is 6.07 Å². The van der Waals surface area contributed by atoms with Gasteiger partial charge in [-0.05, 0) is 19.4 Å². The van der Waals surface area contributed by atoms with Crippen LogP contribution >= 0.6 is 24.0 Å². The maximum absolute atomic E-state index is 14.2. The summed E-state index contributed by atoms with van der Waals surface area (Å²) in [5.74, 6) is 0.539. The molecule has 160 valence electrons. The van der Waals surface area contributed by atoms with Crippen LogP contribution in [-0.4, -0.2) is 54.1 Å². The first-order chi connectivity index (χ1) is 13.5. The molecule has 3 rings (SSSR count). The van der Waals surface area contributed by atoms with E-state index in [1.54, 1.807) is 13.1 Å². The minimum Gasteiger partial charge on any atom is -0.359 e. The highest BCUT2D eigenvalue weighted by Crippen LogP contribution is 2.28. The Morgan fingerprint density at radius 3 is 2.52 bits per heavy atom. The van der Waals surface area contributed by atoms with E-state index in [0.717, 1.165) is 56.1 Å². The summed E-state index contributed by atoms with van der Waals surface area (Å²) in [6.07, 6.45) is 0.764. The molecule has 1 atom stereocenters. The summed E-state index contributed by atoms with van der Waals surface area (Å²) >= 11 is 0. The van der Waals surface area contributed by atoms with Gasteiger partial charge in [0.15, 0.2) is 11.7 Å². The van der Waals surface area contributed by atoms with Crippen molar-refractivity contribution in [1.82, 2.24) is 20.3 Å². The normalized spacial score (nSPS) is 16.4. The maximum Gasteiger partial charge on any atom is 0.194 e. The number of halogens is 3. The molecule has 1 fully saturated rings. The number of guanidine groups is 1. The summed E-state index contributed by atoms with van der Waals surface area (Å²) in [5.41, 5.74) is 1.40. The van der Waals surface area contributed by atoms with Crippen molar-refractivity contribution in [1.29, 1.82) is 0 Å². The summed E-state index contributed by atoms with van der Waals surface area (Å²) in [7, 11) is 1.75. The quantitative estimate of drug-likeness (QED) is 0.371. The molecule has 6 nitrogen and oxygen atoms in total. The van der Waals surface area contributed by atoms with Crippen LogP contribution in [-0.2, 0) is 6.54 Å². The highest BCUT2D eigenvalue weighted by atomic mass is 127. The van der Waals surface area contributed by atoms with Crippen LogP contribution in [0.4, 0.5) is 8.78 Å². The predicted octanol–water partition coefficient (Wildman–Crippen LogP) is 3.72. The number of aryl methyl sites for hydroxylation is 1. The maximum atomic E-state index is 14.2. The van der Waals surface area contributed by atoms with Crippen molar-refractivity contribution in [2.45, 2.75) is 32.9 Å². The zero-order chi connectivity index (χ0) is 20.1. The second kappa shape index (κ2) is 10.9.